The van der Waals surface area contributed by atoms with Gasteiger partial charge in [-0.05, 0) is 50.0 Å². The summed E-state index contributed by atoms with van der Waals surface area (Å²) in [4.78, 5) is 15.9. The van der Waals surface area contributed by atoms with Crippen molar-refractivity contribution >= 4 is 5.95 Å². The van der Waals surface area contributed by atoms with Gasteiger partial charge >= 0.3 is 0 Å². The van der Waals surface area contributed by atoms with E-state index >= 15 is 0 Å². The van der Waals surface area contributed by atoms with E-state index in [2.05, 4.69) is 31.9 Å². The van der Waals surface area contributed by atoms with Gasteiger partial charge in [-0.1, -0.05) is 12.8 Å². The molecule has 24 heavy (non-hydrogen) atoms. The van der Waals surface area contributed by atoms with Gasteiger partial charge in [0.2, 0.25) is 5.95 Å². The molecule has 6 nitrogen and oxygen atoms in total. The Balaban J connectivity index is 1.55. The van der Waals surface area contributed by atoms with E-state index in [1.54, 1.807) is 6.33 Å². The highest BCUT2D eigenvalue weighted by atomic mass is 15.4. The number of anilines is 1. The Bertz CT molecular complexity index is 684. The van der Waals surface area contributed by atoms with Gasteiger partial charge in [0.15, 0.2) is 0 Å². The van der Waals surface area contributed by atoms with Crippen molar-refractivity contribution in [2.45, 2.75) is 59.0 Å². The van der Waals surface area contributed by atoms with Crippen LogP contribution in [0.4, 0.5) is 5.95 Å². The predicted molar refractivity (Wildman–Crippen MR) is 92.5 cm³/mol. The first-order valence-corrected chi connectivity index (χ1v) is 9.08. The normalized spacial score (nSPS) is 18.6. The second-order valence-corrected chi connectivity index (χ2v) is 7.56. The molecule has 0 amide bonds. The zero-order valence-electron chi connectivity index (χ0n) is 14.6. The van der Waals surface area contributed by atoms with Gasteiger partial charge in [-0.25, -0.2) is 19.6 Å². The molecule has 0 N–H and O–H groups in total. The average Bonchev–Trinajstić information content (AvgIpc) is 3.50. The minimum atomic E-state index is 0.479. The third-order valence-electron chi connectivity index (χ3n) is 5.28. The van der Waals surface area contributed by atoms with Crippen molar-refractivity contribution in [3.63, 3.8) is 0 Å². The first-order valence-electron chi connectivity index (χ1n) is 9.08. The number of aromatic nitrogens is 5. The van der Waals surface area contributed by atoms with E-state index in [0.717, 1.165) is 42.9 Å². The molecule has 0 bridgehead atoms. The molecule has 2 saturated carbocycles. The Labute approximate surface area is 143 Å². The number of rotatable bonds is 8. The Kier molecular flexibility index (Phi) is 3.98. The van der Waals surface area contributed by atoms with Gasteiger partial charge in [-0.15, -0.1) is 0 Å². The Morgan fingerprint density at radius 2 is 1.96 bits per heavy atom. The summed E-state index contributed by atoms with van der Waals surface area (Å²) < 4.78 is 1.96. The maximum Gasteiger partial charge on any atom is 0.225 e. The summed E-state index contributed by atoms with van der Waals surface area (Å²) >= 11 is 0. The molecule has 0 aromatic carbocycles. The van der Waals surface area contributed by atoms with Crippen molar-refractivity contribution in [3.05, 3.63) is 30.1 Å². The van der Waals surface area contributed by atoms with E-state index in [1.165, 1.54) is 32.1 Å². The molecular weight excluding hydrogens is 300 g/mol. The highest BCUT2D eigenvalue weighted by Gasteiger charge is 2.47. The monoisotopic (exact) mass is 326 g/mol. The predicted octanol–water partition coefficient (Wildman–Crippen LogP) is 2.98. The summed E-state index contributed by atoms with van der Waals surface area (Å²) in [5, 5.41) is 4.30. The quantitative estimate of drug-likeness (QED) is 0.746. The third-order valence-corrected chi connectivity index (χ3v) is 5.28. The maximum atomic E-state index is 4.58. The smallest absolute Gasteiger partial charge is 0.225 e. The SMILES string of the molecule is CCn1ncnc1CN(CC1(CC2CC2)CC1)c1ncc(C)cn1. The van der Waals surface area contributed by atoms with Crippen LogP contribution in [0.1, 0.15) is 50.4 Å². The van der Waals surface area contributed by atoms with Crippen molar-refractivity contribution < 1.29 is 0 Å². The van der Waals surface area contributed by atoms with Gasteiger partial charge in [0.1, 0.15) is 12.2 Å². The second-order valence-electron chi connectivity index (χ2n) is 7.56. The van der Waals surface area contributed by atoms with Crippen LogP contribution in [0.2, 0.25) is 0 Å². The van der Waals surface area contributed by atoms with Gasteiger partial charge in [0.25, 0.3) is 0 Å². The molecule has 0 radical (unpaired) electrons. The number of nitrogens with zero attached hydrogens (tertiary/aromatic N) is 6. The summed E-state index contributed by atoms with van der Waals surface area (Å²) in [5.74, 6) is 2.77. The molecule has 2 aliphatic carbocycles. The van der Waals surface area contributed by atoms with Crippen molar-refractivity contribution in [1.29, 1.82) is 0 Å². The molecule has 6 heteroatoms. The fraction of sp³-hybridized carbons (Fsp3) is 0.667. The lowest BCUT2D eigenvalue weighted by molar-refractivity contribution is 0.422. The van der Waals surface area contributed by atoms with Crippen LogP contribution in [-0.4, -0.2) is 31.3 Å². The minimum absolute atomic E-state index is 0.479. The standard InChI is InChI=1S/C18H26N6/c1-3-24-16(21-13-22-24)11-23(17-19-9-14(2)10-20-17)12-18(6-7-18)8-15-4-5-15/h9-10,13,15H,3-8,11-12H2,1-2H3. The fourth-order valence-electron chi connectivity index (χ4n) is 3.53. The van der Waals surface area contributed by atoms with Crippen molar-refractivity contribution in [3.8, 4) is 0 Å². The molecule has 0 saturated heterocycles. The van der Waals surface area contributed by atoms with Crippen LogP contribution in [0, 0.1) is 18.3 Å². The molecular formula is C18H26N6. The maximum absolute atomic E-state index is 4.58. The summed E-state index contributed by atoms with van der Waals surface area (Å²) in [6, 6.07) is 0. The van der Waals surface area contributed by atoms with Gasteiger partial charge in [-0.2, -0.15) is 5.10 Å². The van der Waals surface area contributed by atoms with Crippen molar-refractivity contribution in [1.82, 2.24) is 24.7 Å². The van der Waals surface area contributed by atoms with Crippen LogP contribution in [0.3, 0.4) is 0 Å². The Morgan fingerprint density at radius 3 is 2.58 bits per heavy atom. The number of hydrogen-bond acceptors (Lipinski definition) is 5. The highest BCUT2D eigenvalue weighted by molar-refractivity contribution is 5.32. The largest absolute Gasteiger partial charge is 0.333 e. The van der Waals surface area contributed by atoms with E-state index in [-0.39, 0.29) is 0 Å². The van der Waals surface area contributed by atoms with Crippen LogP contribution < -0.4 is 4.90 Å². The first-order chi connectivity index (χ1) is 11.7. The molecule has 2 fully saturated rings. The van der Waals surface area contributed by atoms with Crippen molar-refractivity contribution in [2.75, 3.05) is 11.4 Å². The number of aryl methyl sites for hydroxylation is 2. The lowest BCUT2D eigenvalue weighted by atomic mass is 9.98. The van der Waals surface area contributed by atoms with Crippen LogP contribution in [0.25, 0.3) is 0 Å². The number of hydrogen-bond donors (Lipinski definition) is 0. The molecule has 0 aliphatic heterocycles. The van der Waals surface area contributed by atoms with E-state index < -0.39 is 0 Å². The molecule has 4 rings (SSSR count). The van der Waals surface area contributed by atoms with Gasteiger partial charge in [-0.3, -0.25) is 0 Å². The molecule has 2 aromatic heterocycles. The third kappa shape index (κ3) is 3.42. The first kappa shape index (κ1) is 15.5. The molecule has 2 aromatic rings. The molecule has 2 aliphatic rings. The summed E-state index contributed by atoms with van der Waals surface area (Å²) in [5.41, 5.74) is 1.57. The van der Waals surface area contributed by atoms with Gasteiger partial charge in [0, 0.05) is 25.5 Å². The minimum Gasteiger partial charge on any atom is -0.333 e. The molecule has 0 spiro atoms. The zero-order valence-corrected chi connectivity index (χ0v) is 14.6. The van der Waals surface area contributed by atoms with E-state index in [1.807, 2.05) is 24.0 Å². The van der Waals surface area contributed by atoms with Crippen LogP contribution >= 0.6 is 0 Å². The summed E-state index contributed by atoms with van der Waals surface area (Å²) in [7, 11) is 0. The fourth-order valence-corrected chi connectivity index (χ4v) is 3.53. The van der Waals surface area contributed by atoms with E-state index in [4.69, 9.17) is 0 Å². The van der Waals surface area contributed by atoms with Crippen molar-refractivity contribution in [2.24, 2.45) is 11.3 Å². The molecule has 0 atom stereocenters. The lowest BCUT2D eigenvalue weighted by Crippen LogP contribution is -2.33. The summed E-state index contributed by atoms with van der Waals surface area (Å²) in [6.45, 7) is 6.72. The average molecular weight is 326 g/mol. The van der Waals surface area contributed by atoms with Gasteiger partial charge in [0.05, 0.1) is 6.54 Å². The van der Waals surface area contributed by atoms with E-state index in [9.17, 15) is 0 Å². The Morgan fingerprint density at radius 1 is 1.21 bits per heavy atom. The van der Waals surface area contributed by atoms with E-state index in [0.29, 0.717) is 5.41 Å². The van der Waals surface area contributed by atoms with Crippen LogP contribution in [0.15, 0.2) is 18.7 Å². The van der Waals surface area contributed by atoms with Crippen LogP contribution in [0.5, 0.6) is 0 Å². The molecule has 2 heterocycles. The molecule has 0 unspecified atom stereocenters. The molecule has 128 valence electrons. The van der Waals surface area contributed by atoms with Gasteiger partial charge < -0.3 is 4.90 Å². The second kappa shape index (κ2) is 6.15. The topological polar surface area (TPSA) is 59.7 Å². The zero-order chi connectivity index (χ0) is 16.6. The van der Waals surface area contributed by atoms with Crippen LogP contribution in [-0.2, 0) is 13.1 Å². The highest BCUT2D eigenvalue weighted by Crippen LogP contribution is 2.55. The Hall–Kier alpha value is -1.98. The summed E-state index contributed by atoms with van der Waals surface area (Å²) in [6.07, 6.45) is 12.3. The lowest BCUT2D eigenvalue weighted by Gasteiger charge is -2.27.